The number of aryl methyl sites for hydroxylation is 1. The molecule has 0 aromatic heterocycles. The number of methoxy groups -OCH3 is 1. The van der Waals surface area contributed by atoms with E-state index in [2.05, 4.69) is 32.7 Å². The van der Waals surface area contributed by atoms with Crippen LogP contribution in [0.25, 0.3) is 0 Å². The fourth-order valence-corrected chi connectivity index (χ4v) is 10.5. The Morgan fingerprint density at radius 1 is 1.16 bits per heavy atom. The fraction of sp³-hybridized carbons (Fsp3) is 0.564. The van der Waals surface area contributed by atoms with Gasteiger partial charge >= 0.3 is 0 Å². The summed E-state index contributed by atoms with van der Waals surface area (Å²) in [6.45, 7) is 6.94. The average Bonchev–Trinajstić information content (AvgIpc) is 3.22. The molecule has 3 aliphatic heterocycles. The maximum absolute atomic E-state index is 14.5. The van der Waals surface area contributed by atoms with Gasteiger partial charge in [0, 0.05) is 49.3 Å². The number of hydrogen-bond donors (Lipinski definition) is 1. The van der Waals surface area contributed by atoms with E-state index in [-0.39, 0.29) is 41.1 Å². The number of amides is 1. The zero-order valence-corrected chi connectivity index (χ0v) is 30.9. The monoisotopic (exact) mass is 725 g/mol. The van der Waals surface area contributed by atoms with Crippen LogP contribution in [0.1, 0.15) is 73.9 Å². The Bertz CT molecular complexity index is 1800. The summed E-state index contributed by atoms with van der Waals surface area (Å²) in [5, 5.41) is -0.0950. The first kappa shape index (κ1) is 35.5. The predicted octanol–water partition coefficient (Wildman–Crippen LogP) is 6.83. The number of halogens is 2. The molecule has 8 nitrogen and oxygen atoms in total. The highest BCUT2D eigenvalue weighted by atomic mass is 35.5. The quantitative estimate of drug-likeness (QED) is 0.348. The van der Waals surface area contributed by atoms with Crippen molar-refractivity contribution < 1.29 is 27.1 Å². The summed E-state index contributed by atoms with van der Waals surface area (Å²) in [6, 6.07) is 11.5. The second-order valence-corrected chi connectivity index (χ2v) is 17.8. The van der Waals surface area contributed by atoms with E-state index in [0.29, 0.717) is 44.8 Å². The first-order valence-electron chi connectivity index (χ1n) is 18.1. The Morgan fingerprint density at radius 3 is 2.76 bits per heavy atom. The smallest absolute Gasteiger partial charge is 0.264 e. The van der Waals surface area contributed by atoms with Gasteiger partial charge in [-0.15, -0.1) is 0 Å². The molecule has 1 fully saturated rings. The Kier molecular flexibility index (Phi) is 9.86. The minimum Gasteiger partial charge on any atom is -0.490 e. The lowest BCUT2D eigenvalue weighted by Gasteiger charge is -2.52. The van der Waals surface area contributed by atoms with Gasteiger partial charge in [0.1, 0.15) is 17.2 Å². The second kappa shape index (κ2) is 13.9. The van der Waals surface area contributed by atoms with E-state index < -0.39 is 26.8 Å². The molecule has 2 aromatic carbocycles. The molecule has 5 aliphatic rings. The number of carbonyl (C=O) groups is 1. The van der Waals surface area contributed by atoms with Crippen LogP contribution in [-0.4, -0.2) is 76.5 Å². The molecule has 3 heterocycles. The van der Waals surface area contributed by atoms with Gasteiger partial charge in [0.2, 0.25) is 10.0 Å². The number of carbonyl (C=O) groups excluding carboxylic acids is 1. The van der Waals surface area contributed by atoms with Crippen molar-refractivity contribution in [3.63, 3.8) is 0 Å². The van der Waals surface area contributed by atoms with Gasteiger partial charge in [-0.25, -0.2) is 17.5 Å². The van der Waals surface area contributed by atoms with Gasteiger partial charge in [-0.2, -0.15) is 0 Å². The van der Waals surface area contributed by atoms with Gasteiger partial charge in [0.25, 0.3) is 5.91 Å². The number of sulfonamides is 1. The van der Waals surface area contributed by atoms with Crippen LogP contribution in [0.5, 0.6) is 5.75 Å². The van der Waals surface area contributed by atoms with Crippen molar-refractivity contribution in [1.29, 1.82) is 0 Å². The largest absolute Gasteiger partial charge is 0.490 e. The van der Waals surface area contributed by atoms with Crippen molar-refractivity contribution >= 4 is 33.2 Å². The number of rotatable bonds is 3. The van der Waals surface area contributed by atoms with Gasteiger partial charge in [-0.05, 0) is 111 Å². The summed E-state index contributed by atoms with van der Waals surface area (Å²) in [7, 11) is -2.23. The number of anilines is 1. The van der Waals surface area contributed by atoms with E-state index in [1.54, 1.807) is 32.2 Å². The second-order valence-electron chi connectivity index (χ2n) is 15.3. The molecule has 1 amide bonds. The molecule has 2 aliphatic carbocycles. The summed E-state index contributed by atoms with van der Waals surface area (Å²) in [4.78, 5) is 18.1. The third-order valence-electron chi connectivity index (χ3n) is 12.3. The molecule has 7 rings (SSSR count). The molecule has 270 valence electrons. The topological polar surface area (TPSA) is 88.2 Å². The molecular formula is C39H49ClFN3O5S. The Hall–Kier alpha value is -2.92. The first-order valence-corrected chi connectivity index (χ1v) is 20.0. The Balaban J connectivity index is 1.32. The standard InChI is InChI=1S/C39H49ClFN3O5S/c1-26-7-4-17-39(48-3,24-43-18-6-9-32(41)22-43)34-13-10-30(34)21-44-23-38(16-5-8-28-19-31(40)12-14-33(28)38)25-49-36-15-11-29(20-35(36)44)37(45)42-50(46,47)27(26)2/h4,9,11-12,14-15,17,19-20,26-27,30,34H,5-8,10,13,16,18,21-25H2,1-3H3,(H,42,45)/b17-4+/t26-,27+,30-,34+,38-,39+/m0/s1. The van der Waals surface area contributed by atoms with Gasteiger partial charge in [-0.1, -0.05) is 42.8 Å². The van der Waals surface area contributed by atoms with E-state index in [1.807, 2.05) is 25.1 Å². The van der Waals surface area contributed by atoms with E-state index in [1.165, 1.54) is 11.1 Å². The third-order valence-corrected chi connectivity index (χ3v) is 14.4. The van der Waals surface area contributed by atoms with Crippen LogP contribution in [0.3, 0.4) is 0 Å². The molecule has 2 bridgehead atoms. The number of nitrogens with zero attached hydrogens (tertiary/aromatic N) is 2. The molecule has 0 saturated heterocycles. The van der Waals surface area contributed by atoms with Crippen molar-refractivity contribution in [1.82, 2.24) is 9.62 Å². The molecular weight excluding hydrogens is 677 g/mol. The maximum atomic E-state index is 14.5. The van der Waals surface area contributed by atoms with Crippen LogP contribution in [0.15, 0.2) is 60.5 Å². The van der Waals surface area contributed by atoms with Crippen LogP contribution in [0, 0.1) is 17.8 Å². The third kappa shape index (κ3) is 6.73. The van der Waals surface area contributed by atoms with Crippen molar-refractivity contribution in [2.24, 2.45) is 17.8 Å². The van der Waals surface area contributed by atoms with Gasteiger partial charge in [0.15, 0.2) is 0 Å². The maximum Gasteiger partial charge on any atom is 0.264 e. The van der Waals surface area contributed by atoms with Crippen molar-refractivity contribution in [3.05, 3.63) is 82.2 Å². The lowest BCUT2D eigenvalue weighted by atomic mass is 9.63. The van der Waals surface area contributed by atoms with Crippen LogP contribution in [0.2, 0.25) is 5.02 Å². The highest BCUT2D eigenvalue weighted by molar-refractivity contribution is 7.90. The molecule has 50 heavy (non-hydrogen) atoms. The molecule has 0 unspecified atom stereocenters. The molecule has 1 N–H and O–H groups in total. The number of benzene rings is 2. The average molecular weight is 726 g/mol. The van der Waals surface area contributed by atoms with Crippen LogP contribution >= 0.6 is 11.6 Å². The SMILES string of the molecule is CO[C@@]1(CN2CCC=C(F)C2)/C=C/C[C@H](C)[C@@H](C)S(=O)(=O)NC(=O)c2ccc3c(c2)N(C[C@@H]2CC[C@H]21)C[C@@]1(CCCc2cc(Cl)ccc21)CO3. The minimum absolute atomic E-state index is 0.115. The Morgan fingerprint density at radius 2 is 2.00 bits per heavy atom. The summed E-state index contributed by atoms with van der Waals surface area (Å²) >= 11 is 6.47. The van der Waals surface area contributed by atoms with Gasteiger partial charge in [0.05, 0.1) is 24.1 Å². The van der Waals surface area contributed by atoms with Crippen LogP contribution in [0.4, 0.5) is 10.1 Å². The normalized spacial score (nSPS) is 33.5. The fourth-order valence-electron chi connectivity index (χ4n) is 9.05. The first-order chi connectivity index (χ1) is 23.9. The summed E-state index contributed by atoms with van der Waals surface area (Å²) in [5.41, 5.74) is 2.57. The lowest BCUT2D eigenvalue weighted by Crippen LogP contribution is -2.57. The molecule has 2 aromatic rings. The van der Waals surface area contributed by atoms with E-state index in [9.17, 15) is 17.6 Å². The zero-order valence-electron chi connectivity index (χ0n) is 29.3. The van der Waals surface area contributed by atoms with E-state index in [4.69, 9.17) is 21.1 Å². The van der Waals surface area contributed by atoms with Crippen molar-refractivity contribution in [2.45, 2.75) is 75.1 Å². The number of fused-ring (bicyclic) bond motifs is 4. The highest BCUT2D eigenvalue weighted by Crippen LogP contribution is 2.49. The molecule has 1 spiro atoms. The minimum atomic E-state index is -3.98. The summed E-state index contributed by atoms with van der Waals surface area (Å²) < 4.78 is 57.1. The van der Waals surface area contributed by atoms with Gasteiger partial charge < -0.3 is 14.4 Å². The van der Waals surface area contributed by atoms with Crippen molar-refractivity contribution in [2.75, 3.05) is 51.3 Å². The number of allylic oxidation sites excluding steroid dienone is 1. The van der Waals surface area contributed by atoms with Crippen LogP contribution < -0.4 is 14.4 Å². The molecule has 6 atom stereocenters. The predicted molar refractivity (Wildman–Crippen MR) is 195 cm³/mol. The van der Waals surface area contributed by atoms with E-state index in [0.717, 1.165) is 49.4 Å². The number of hydrogen-bond acceptors (Lipinski definition) is 7. The molecule has 11 heteroatoms. The summed E-state index contributed by atoms with van der Waals surface area (Å²) in [5.74, 6) is 0.0455. The number of nitrogens with one attached hydrogen (secondary N) is 1. The van der Waals surface area contributed by atoms with Crippen LogP contribution in [-0.2, 0) is 26.6 Å². The van der Waals surface area contributed by atoms with Gasteiger partial charge in [-0.3, -0.25) is 9.69 Å². The zero-order chi connectivity index (χ0) is 35.3. The molecule has 1 saturated carbocycles. The molecule has 0 radical (unpaired) electrons. The van der Waals surface area contributed by atoms with E-state index >= 15 is 0 Å². The number of ether oxygens (including phenoxy) is 2. The van der Waals surface area contributed by atoms with Crippen molar-refractivity contribution in [3.8, 4) is 5.75 Å². The Labute approximate surface area is 301 Å². The summed E-state index contributed by atoms with van der Waals surface area (Å²) in [6.07, 6.45) is 11.9. The highest BCUT2D eigenvalue weighted by Gasteiger charge is 2.50. The lowest BCUT2D eigenvalue weighted by molar-refractivity contribution is -0.0913.